The fourth-order valence-corrected chi connectivity index (χ4v) is 2.40. The van der Waals surface area contributed by atoms with Gasteiger partial charge in [0.1, 0.15) is 5.60 Å². The van der Waals surface area contributed by atoms with Gasteiger partial charge in [-0.2, -0.15) is 0 Å². The predicted octanol–water partition coefficient (Wildman–Crippen LogP) is 1.23. The Labute approximate surface area is 128 Å². The Hall–Kier alpha value is -2.09. The first-order valence-corrected chi connectivity index (χ1v) is 7.07. The average Bonchev–Trinajstić information content (AvgIpc) is 2.98. The molecule has 1 fully saturated rings. The summed E-state index contributed by atoms with van der Waals surface area (Å²) >= 11 is 0. The summed E-state index contributed by atoms with van der Waals surface area (Å²) in [5.41, 5.74) is -2.02. The van der Waals surface area contributed by atoms with E-state index in [9.17, 15) is 14.7 Å². The van der Waals surface area contributed by atoms with Gasteiger partial charge in [0, 0.05) is 19.2 Å². The van der Waals surface area contributed by atoms with E-state index < -0.39 is 23.2 Å². The molecule has 2 heterocycles. The van der Waals surface area contributed by atoms with Gasteiger partial charge in [-0.15, -0.1) is 0 Å². The second-order valence-corrected chi connectivity index (χ2v) is 6.45. The van der Waals surface area contributed by atoms with Gasteiger partial charge < -0.3 is 19.7 Å². The SMILES string of the molecule is CC(C)(C)OC(=O)NC1(C(=O)O)CCN(Cc2ccno2)C1. The number of nitrogens with zero attached hydrogens (tertiary/aromatic N) is 2. The van der Waals surface area contributed by atoms with Crippen molar-refractivity contribution in [3.63, 3.8) is 0 Å². The van der Waals surface area contributed by atoms with Crippen LogP contribution in [-0.4, -0.2) is 51.5 Å². The lowest BCUT2D eigenvalue weighted by Crippen LogP contribution is -2.57. The van der Waals surface area contributed by atoms with Crippen LogP contribution in [0.3, 0.4) is 0 Å². The van der Waals surface area contributed by atoms with Crippen LogP contribution in [0.1, 0.15) is 33.0 Å². The molecule has 122 valence electrons. The number of ether oxygens (including phenoxy) is 1. The molecule has 1 aromatic rings. The number of amides is 1. The van der Waals surface area contributed by atoms with Gasteiger partial charge in [-0.1, -0.05) is 5.16 Å². The molecule has 22 heavy (non-hydrogen) atoms. The third-order valence-corrected chi connectivity index (χ3v) is 3.37. The Kier molecular flexibility index (Phi) is 4.41. The molecule has 0 saturated carbocycles. The monoisotopic (exact) mass is 311 g/mol. The zero-order chi connectivity index (χ0) is 16.4. The van der Waals surface area contributed by atoms with E-state index in [0.29, 0.717) is 25.3 Å². The maximum atomic E-state index is 11.9. The summed E-state index contributed by atoms with van der Waals surface area (Å²) in [7, 11) is 0. The second-order valence-electron chi connectivity index (χ2n) is 6.45. The molecule has 1 saturated heterocycles. The molecule has 1 aliphatic rings. The van der Waals surface area contributed by atoms with Gasteiger partial charge in [0.25, 0.3) is 0 Å². The van der Waals surface area contributed by atoms with Crippen molar-refractivity contribution in [2.24, 2.45) is 0 Å². The highest BCUT2D eigenvalue weighted by Crippen LogP contribution is 2.24. The van der Waals surface area contributed by atoms with Crippen LogP contribution in [-0.2, 0) is 16.1 Å². The first kappa shape index (κ1) is 16.3. The van der Waals surface area contributed by atoms with Crippen molar-refractivity contribution in [2.75, 3.05) is 13.1 Å². The van der Waals surface area contributed by atoms with Crippen molar-refractivity contribution >= 4 is 12.1 Å². The maximum absolute atomic E-state index is 11.9. The lowest BCUT2D eigenvalue weighted by Gasteiger charge is -2.28. The maximum Gasteiger partial charge on any atom is 0.408 e. The largest absolute Gasteiger partial charge is 0.479 e. The van der Waals surface area contributed by atoms with Gasteiger partial charge >= 0.3 is 12.1 Å². The van der Waals surface area contributed by atoms with Gasteiger partial charge in [-0.3, -0.25) is 4.90 Å². The highest BCUT2D eigenvalue weighted by atomic mass is 16.6. The van der Waals surface area contributed by atoms with E-state index in [1.165, 1.54) is 6.20 Å². The van der Waals surface area contributed by atoms with E-state index in [2.05, 4.69) is 10.5 Å². The molecule has 0 aromatic carbocycles. The Bertz CT molecular complexity index is 537. The Balaban J connectivity index is 2.01. The van der Waals surface area contributed by atoms with E-state index in [-0.39, 0.29) is 6.54 Å². The van der Waals surface area contributed by atoms with Crippen molar-refractivity contribution < 1.29 is 24.0 Å². The van der Waals surface area contributed by atoms with E-state index in [1.807, 2.05) is 4.90 Å². The molecule has 1 aromatic heterocycles. The third-order valence-electron chi connectivity index (χ3n) is 3.37. The topological polar surface area (TPSA) is 105 Å². The van der Waals surface area contributed by atoms with Gasteiger partial charge in [-0.25, -0.2) is 9.59 Å². The fourth-order valence-electron chi connectivity index (χ4n) is 2.40. The van der Waals surface area contributed by atoms with E-state index in [0.717, 1.165) is 0 Å². The van der Waals surface area contributed by atoms with E-state index >= 15 is 0 Å². The lowest BCUT2D eigenvalue weighted by atomic mass is 9.99. The molecule has 1 atom stereocenters. The van der Waals surface area contributed by atoms with Crippen molar-refractivity contribution in [1.82, 2.24) is 15.4 Å². The summed E-state index contributed by atoms with van der Waals surface area (Å²) in [6.07, 6.45) is 1.11. The number of hydrogen-bond acceptors (Lipinski definition) is 6. The van der Waals surface area contributed by atoms with Crippen LogP contribution in [0.5, 0.6) is 0 Å². The minimum Gasteiger partial charge on any atom is -0.479 e. The molecular weight excluding hydrogens is 290 g/mol. The van der Waals surface area contributed by atoms with Crippen molar-refractivity contribution in [1.29, 1.82) is 0 Å². The fraction of sp³-hybridized carbons (Fsp3) is 0.643. The normalized spacial score (nSPS) is 22.5. The highest BCUT2D eigenvalue weighted by molar-refractivity contribution is 5.85. The standard InChI is InChI=1S/C14H21N3O5/c1-13(2,3)21-12(20)16-14(11(18)19)5-7-17(9-14)8-10-4-6-15-22-10/h4,6H,5,7-9H2,1-3H3,(H,16,20)(H,18,19). The van der Waals surface area contributed by atoms with Gasteiger partial charge in [-0.05, 0) is 27.2 Å². The summed E-state index contributed by atoms with van der Waals surface area (Å²) < 4.78 is 10.2. The van der Waals surface area contributed by atoms with Crippen molar-refractivity contribution in [3.05, 3.63) is 18.0 Å². The van der Waals surface area contributed by atoms with Gasteiger partial charge in [0.05, 0.1) is 12.7 Å². The van der Waals surface area contributed by atoms with Crippen LogP contribution < -0.4 is 5.32 Å². The Morgan fingerprint density at radius 1 is 1.55 bits per heavy atom. The molecular formula is C14H21N3O5. The summed E-state index contributed by atoms with van der Waals surface area (Å²) in [5.74, 6) is -0.420. The Morgan fingerprint density at radius 2 is 2.27 bits per heavy atom. The molecule has 1 amide bonds. The summed E-state index contributed by atoms with van der Waals surface area (Å²) in [5, 5.41) is 15.6. The van der Waals surface area contributed by atoms with Crippen LogP contribution >= 0.6 is 0 Å². The average molecular weight is 311 g/mol. The molecule has 8 heteroatoms. The van der Waals surface area contributed by atoms with Crippen molar-refractivity contribution in [3.8, 4) is 0 Å². The second kappa shape index (κ2) is 5.96. The van der Waals surface area contributed by atoms with Crippen LogP contribution in [0, 0.1) is 0 Å². The van der Waals surface area contributed by atoms with Crippen LogP contribution in [0.2, 0.25) is 0 Å². The summed E-state index contributed by atoms with van der Waals surface area (Å²) in [6.45, 7) is 6.34. The highest BCUT2D eigenvalue weighted by Gasteiger charge is 2.47. The number of carbonyl (C=O) groups is 2. The zero-order valence-electron chi connectivity index (χ0n) is 13.0. The van der Waals surface area contributed by atoms with Crippen molar-refractivity contribution in [2.45, 2.75) is 44.9 Å². The number of carboxylic acids is 1. The van der Waals surface area contributed by atoms with Gasteiger partial charge in [0.15, 0.2) is 11.3 Å². The molecule has 1 aliphatic heterocycles. The van der Waals surface area contributed by atoms with Crippen LogP contribution in [0.15, 0.2) is 16.8 Å². The van der Waals surface area contributed by atoms with Crippen LogP contribution in [0.25, 0.3) is 0 Å². The number of hydrogen-bond donors (Lipinski definition) is 2. The minimum absolute atomic E-state index is 0.183. The van der Waals surface area contributed by atoms with Crippen LogP contribution in [0.4, 0.5) is 4.79 Å². The predicted molar refractivity (Wildman–Crippen MR) is 76.1 cm³/mol. The number of likely N-dealkylation sites (tertiary alicyclic amines) is 1. The number of carboxylic acid groups (broad SMARTS) is 1. The quantitative estimate of drug-likeness (QED) is 0.861. The molecule has 8 nitrogen and oxygen atoms in total. The number of aromatic nitrogens is 1. The number of alkyl carbamates (subject to hydrolysis) is 1. The molecule has 2 rings (SSSR count). The molecule has 2 N–H and O–H groups in total. The van der Waals surface area contributed by atoms with Gasteiger partial charge in [0.2, 0.25) is 0 Å². The lowest BCUT2D eigenvalue weighted by molar-refractivity contribution is -0.144. The number of nitrogens with one attached hydrogen (secondary N) is 1. The van der Waals surface area contributed by atoms with E-state index in [1.54, 1.807) is 26.8 Å². The molecule has 0 spiro atoms. The smallest absolute Gasteiger partial charge is 0.408 e. The summed E-state index contributed by atoms with van der Waals surface area (Å²) in [4.78, 5) is 25.4. The zero-order valence-corrected chi connectivity index (χ0v) is 13.0. The minimum atomic E-state index is -1.34. The molecule has 0 bridgehead atoms. The first-order chi connectivity index (χ1) is 10.2. The number of carbonyl (C=O) groups excluding carboxylic acids is 1. The molecule has 1 unspecified atom stereocenters. The number of aliphatic carboxylic acids is 1. The summed E-state index contributed by atoms with van der Waals surface area (Å²) in [6, 6.07) is 1.72. The Morgan fingerprint density at radius 3 is 2.82 bits per heavy atom. The first-order valence-electron chi connectivity index (χ1n) is 7.07. The third kappa shape index (κ3) is 3.97. The van der Waals surface area contributed by atoms with E-state index in [4.69, 9.17) is 9.26 Å². The molecule has 0 aliphatic carbocycles. The number of rotatable bonds is 4. The molecule has 0 radical (unpaired) electrons.